The van der Waals surface area contributed by atoms with E-state index < -0.39 is 0 Å². The van der Waals surface area contributed by atoms with Gasteiger partial charge in [-0.2, -0.15) is 0 Å². The van der Waals surface area contributed by atoms with Crippen molar-refractivity contribution < 1.29 is 4.79 Å². The number of benzene rings is 2. The van der Waals surface area contributed by atoms with Gasteiger partial charge in [0.15, 0.2) is 5.11 Å². The molecule has 0 aliphatic carbocycles. The van der Waals surface area contributed by atoms with Gasteiger partial charge in [-0.3, -0.25) is 10.1 Å². The van der Waals surface area contributed by atoms with E-state index in [4.69, 9.17) is 12.2 Å². The molecule has 1 amide bonds. The van der Waals surface area contributed by atoms with Crippen LogP contribution in [0.3, 0.4) is 0 Å². The maximum atomic E-state index is 12.3. The molecule has 0 spiro atoms. The summed E-state index contributed by atoms with van der Waals surface area (Å²) in [6, 6.07) is 15.8. The first-order valence-electron chi connectivity index (χ1n) is 7.44. The molecule has 0 aromatic heterocycles. The number of carbonyl (C=O) groups is 1. The topological polar surface area (TPSA) is 41.1 Å². The van der Waals surface area contributed by atoms with Gasteiger partial charge < -0.3 is 5.32 Å². The molecular formula is C18H19IN2OS. The molecule has 1 unspecified atom stereocenters. The summed E-state index contributed by atoms with van der Waals surface area (Å²) in [7, 11) is 0. The van der Waals surface area contributed by atoms with Gasteiger partial charge in [0.1, 0.15) is 0 Å². The lowest BCUT2D eigenvalue weighted by molar-refractivity contribution is 0.0976. The summed E-state index contributed by atoms with van der Waals surface area (Å²) in [5.74, 6) is -0.191. The Morgan fingerprint density at radius 2 is 1.91 bits per heavy atom. The van der Waals surface area contributed by atoms with Gasteiger partial charge in [-0.15, -0.1) is 0 Å². The van der Waals surface area contributed by atoms with Crippen LogP contribution in [0.15, 0.2) is 48.5 Å². The van der Waals surface area contributed by atoms with E-state index in [2.05, 4.69) is 40.1 Å². The Balaban J connectivity index is 2.00. The van der Waals surface area contributed by atoms with E-state index in [1.807, 2.05) is 55.5 Å². The number of hydrogen-bond acceptors (Lipinski definition) is 2. The predicted octanol–water partition coefficient (Wildman–Crippen LogP) is 4.36. The van der Waals surface area contributed by atoms with Gasteiger partial charge in [0.25, 0.3) is 5.91 Å². The van der Waals surface area contributed by atoms with Crippen LogP contribution in [0.5, 0.6) is 0 Å². The minimum absolute atomic E-state index is 0.0853. The van der Waals surface area contributed by atoms with Crippen molar-refractivity contribution in [1.29, 1.82) is 0 Å². The Morgan fingerprint density at radius 3 is 2.52 bits per heavy atom. The summed E-state index contributed by atoms with van der Waals surface area (Å²) >= 11 is 7.51. The van der Waals surface area contributed by atoms with Gasteiger partial charge in [-0.25, -0.2) is 0 Å². The van der Waals surface area contributed by atoms with Crippen LogP contribution in [0.4, 0.5) is 0 Å². The summed E-state index contributed by atoms with van der Waals surface area (Å²) in [5.41, 5.74) is 2.91. The van der Waals surface area contributed by atoms with Crippen molar-refractivity contribution in [2.45, 2.75) is 26.3 Å². The lowest BCUT2D eigenvalue weighted by Gasteiger charge is -2.19. The minimum Gasteiger partial charge on any atom is -0.356 e. The van der Waals surface area contributed by atoms with Crippen molar-refractivity contribution in [2.75, 3.05) is 0 Å². The van der Waals surface area contributed by atoms with Crippen LogP contribution in [0.1, 0.15) is 40.9 Å². The summed E-state index contributed by atoms with van der Waals surface area (Å²) in [4.78, 5) is 12.3. The zero-order valence-electron chi connectivity index (χ0n) is 13.1. The van der Waals surface area contributed by atoms with Crippen LogP contribution in [-0.2, 0) is 0 Å². The van der Waals surface area contributed by atoms with Gasteiger partial charge >= 0.3 is 0 Å². The third-order valence-corrected chi connectivity index (χ3v) is 4.96. The average Bonchev–Trinajstić information content (AvgIpc) is 2.55. The average molecular weight is 438 g/mol. The van der Waals surface area contributed by atoms with Gasteiger partial charge in [-0.1, -0.05) is 43.3 Å². The Kier molecular flexibility index (Phi) is 6.53. The summed E-state index contributed by atoms with van der Waals surface area (Å²) in [6.07, 6.45) is 0.877. The molecule has 2 aromatic carbocycles. The molecule has 1 atom stereocenters. The maximum Gasteiger partial charge on any atom is 0.257 e. The Bertz CT molecular complexity index is 703. The molecule has 2 N–H and O–H groups in total. The highest BCUT2D eigenvalue weighted by Gasteiger charge is 2.13. The van der Waals surface area contributed by atoms with Gasteiger partial charge in [0.05, 0.1) is 6.04 Å². The second-order valence-electron chi connectivity index (χ2n) is 5.26. The van der Waals surface area contributed by atoms with E-state index in [-0.39, 0.29) is 11.9 Å². The van der Waals surface area contributed by atoms with Crippen LogP contribution in [-0.4, -0.2) is 11.0 Å². The second kappa shape index (κ2) is 8.40. The lowest BCUT2D eigenvalue weighted by atomic mass is 10.1. The van der Waals surface area contributed by atoms with E-state index in [1.165, 1.54) is 0 Å². The SMILES string of the molecule is CCC(NC(=S)NC(=O)c1ccc(C)c(I)c1)c1ccccc1. The van der Waals surface area contributed by atoms with Gasteiger partial charge in [-0.05, 0) is 71.4 Å². The Morgan fingerprint density at radius 1 is 1.22 bits per heavy atom. The summed E-state index contributed by atoms with van der Waals surface area (Å²) in [6.45, 7) is 4.10. The predicted molar refractivity (Wildman–Crippen MR) is 107 cm³/mol. The van der Waals surface area contributed by atoms with Crippen molar-refractivity contribution in [1.82, 2.24) is 10.6 Å². The van der Waals surface area contributed by atoms with Crippen molar-refractivity contribution in [3.05, 3.63) is 68.8 Å². The molecule has 0 aliphatic heterocycles. The van der Waals surface area contributed by atoms with Crippen LogP contribution in [0, 0.1) is 10.5 Å². The van der Waals surface area contributed by atoms with Crippen molar-refractivity contribution in [3.63, 3.8) is 0 Å². The molecule has 5 heteroatoms. The Hall–Kier alpha value is -1.47. The molecule has 0 fully saturated rings. The fourth-order valence-corrected chi connectivity index (χ4v) is 2.96. The second-order valence-corrected chi connectivity index (χ2v) is 6.83. The molecule has 0 radical (unpaired) electrons. The molecule has 0 aliphatic rings. The highest BCUT2D eigenvalue weighted by molar-refractivity contribution is 14.1. The first-order chi connectivity index (χ1) is 11.0. The van der Waals surface area contributed by atoms with Gasteiger partial charge in [0.2, 0.25) is 0 Å². The number of hydrogen-bond donors (Lipinski definition) is 2. The van der Waals surface area contributed by atoms with Crippen LogP contribution in [0.25, 0.3) is 0 Å². The zero-order chi connectivity index (χ0) is 16.8. The van der Waals surface area contributed by atoms with E-state index in [1.54, 1.807) is 0 Å². The largest absolute Gasteiger partial charge is 0.356 e. The number of aryl methyl sites for hydroxylation is 1. The smallest absolute Gasteiger partial charge is 0.257 e. The molecule has 2 rings (SSSR count). The molecule has 120 valence electrons. The molecular weight excluding hydrogens is 419 g/mol. The first-order valence-corrected chi connectivity index (χ1v) is 8.93. The summed E-state index contributed by atoms with van der Waals surface area (Å²) in [5, 5.41) is 6.31. The van der Waals surface area contributed by atoms with Crippen molar-refractivity contribution in [2.24, 2.45) is 0 Å². The number of nitrogens with one attached hydrogen (secondary N) is 2. The third kappa shape index (κ3) is 5.00. The normalized spacial score (nSPS) is 11.6. The zero-order valence-corrected chi connectivity index (χ0v) is 16.1. The van der Waals surface area contributed by atoms with Gasteiger partial charge in [0, 0.05) is 9.13 Å². The molecule has 0 bridgehead atoms. The highest BCUT2D eigenvalue weighted by atomic mass is 127. The van der Waals surface area contributed by atoms with Crippen LogP contribution in [0.2, 0.25) is 0 Å². The standard InChI is InChI=1S/C18H19IN2OS/c1-3-16(13-7-5-4-6-8-13)20-18(23)21-17(22)14-10-9-12(2)15(19)11-14/h4-11,16H,3H2,1-2H3,(H2,20,21,22,23). The van der Waals surface area contributed by atoms with E-state index in [9.17, 15) is 4.79 Å². The number of rotatable bonds is 4. The fraction of sp³-hybridized carbons (Fsp3) is 0.222. The van der Waals surface area contributed by atoms with E-state index >= 15 is 0 Å². The highest BCUT2D eigenvalue weighted by Crippen LogP contribution is 2.16. The number of carbonyl (C=O) groups excluding carboxylic acids is 1. The Labute approximate surface area is 156 Å². The molecule has 0 heterocycles. The van der Waals surface area contributed by atoms with Crippen LogP contribution >= 0.6 is 34.8 Å². The van der Waals surface area contributed by atoms with Crippen molar-refractivity contribution in [3.8, 4) is 0 Å². The first kappa shape index (κ1) is 17.9. The number of amides is 1. The molecule has 2 aromatic rings. The fourth-order valence-electron chi connectivity index (χ4n) is 2.21. The molecule has 3 nitrogen and oxygen atoms in total. The van der Waals surface area contributed by atoms with E-state index in [0.717, 1.165) is 21.1 Å². The number of thiocarbonyl (C=S) groups is 1. The maximum absolute atomic E-state index is 12.3. The monoisotopic (exact) mass is 438 g/mol. The third-order valence-electron chi connectivity index (χ3n) is 3.58. The van der Waals surface area contributed by atoms with E-state index in [0.29, 0.717) is 10.7 Å². The van der Waals surface area contributed by atoms with Crippen molar-refractivity contribution >= 4 is 45.8 Å². The molecule has 23 heavy (non-hydrogen) atoms. The minimum atomic E-state index is -0.191. The summed E-state index contributed by atoms with van der Waals surface area (Å²) < 4.78 is 1.06. The molecule has 0 saturated heterocycles. The molecule has 0 saturated carbocycles. The quantitative estimate of drug-likeness (QED) is 0.551. The lowest BCUT2D eigenvalue weighted by Crippen LogP contribution is -2.41. The van der Waals surface area contributed by atoms with Crippen LogP contribution < -0.4 is 10.6 Å². The number of halogens is 1.